The summed E-state index contributed by atoms with van der Waals surface area (Å²) in [6.45, 7) is 3.01. The molecule has 0 aliphatic carbocycles. The van der Waals surface area contributed by atoms with E-state index < -0.39 is 5.97 Å². The fourth-order valence-electron chi connectivity index (χ4n) is 2.58. The standard InChI is InChI=1S/C17H17NO3/c19-17(20)14-6-3-4-13(10-14)11-18-8-9-21-16-7-2-1-5-15(16)12-18/h1-7,10H,8-9,11-12H2,(H,19,20). The van der Waals surface area contributed by atoms with Gasteiger partial charge >= 0.3 is 5.97 Å². The van der Waals surface area contributed by atoms with Gasteiger partial charge in [-0.05, 0) is 23.8 Å². The van der Waals surface area contributed by atoms with Crippen LogP contribution in [0.1, 0.15) is 21.5 Å². The van der Waals surface area contributed by atoms with E-state index in [1.807, 2.05) is 24.3 Å². The summed E-state index contributed by atoms with van der Waals surface area (Å²) in [4.78, 5) is 13.3. The summed E-state index contributed by atoms with van der Waals surface area (Å²) in [6.07, 6.45) is 0. The van der Waals surface area contributed by atoms with Crippen LogP contribution in [0.2, 0.25) is 0 Å². The molecule has 3 rings (SSSR count). The van der Waals surface area contributed by atoms with Crippen molar-refractivity contribution in [1.29, 1.82) is 0 Å². The number of rotatable bonds is 3. The molecule has 0 unspecified atom stereocenters. The van der Waals surface area contributed by atoms with Crippen molar-refractivity contribution in [2.24, 2.45) is 0 Å². The van der Waals surface area contributed by atoms with Gasteiger partial charge in [0.15, 0.2) is 0 Å². The van der Waals surface area contributed by atoms with E-state index in [2.05, 4.69) is 11.0 Å². The Morgan fingerprint density at radius 3 is 2.90 bits per heavy atom. The van der Waals surface area contributed by atoms with Crippen molar-refractivity contribution < 1.29 is 14.6 Å². The molecule has 0 radical (unpaired) electrons. The van der Waals surface area contributed by atoms with Crippen molar-refractivity contribution >= 4 is 5.97 Å². The third-order valence-corrected chi connectivity index (χ3v) is 3.61. The molecule has 0 bridgehead atoms. The van der Waals surface area contributed by atoms with Crippen molar-refractivity contribution in [3.8, 4) is 5.75 Å². The molecule has 4 nitrogen and oxygen atoms in total. The Morgan fingerprint density at radius 2 is 2.05 bits per heavy atom. The zero-order valence-corrected chi connectivity index (χ0v) is 11.7. The molecule has 0 fully saturated rings. The number of carbonyl (C=O) groups is 1. The van der Waals surface area contributed by atoms with Crippen LogP contribution in [0.15, 0.2) is 48.5 Å². The normalized spacial score (nSPS) is 14.9. The van der Waals surface area contributed by atoms with E-state index >= 15 is 0 Å². The van der Waals surface area contributed by atoms with Gasteiger partial charge in [0, 0.05) is 25.2 Å². The Morgan fingerprint density at radius 1 is 1.19 bits per heavy atom. The number of ether oxygens (including phenoxy) is 1. The van der Waals surface area contributed by atoms with Gasteiger partial charge in [0.2, 0.25) is 0 Å². The first-order valence-corrected chi connectivity index (χ1v) is 6.98. The van der Waals surface area contributed by atoms with Gasteiger partial charge in [-0.15, -0.1) is 0 Å². The minimum absolute atomic E-state index is 0.332. The third-order valence-electron chi connectivity index (χ3n) is 3.61. The first-order chi connectivity index (χ1) is 10.2. The van der Waals surface area contributed by atoms with Gasteiger partial charge in [0.05, 0.1) is 5.56 Å². The van der Waals surface area contributed by atoms with Gasteiger partial charge in [0.1, 0.15) is 12.4 Å². The SMILES string of the molecule is O=C(O)c1cccc(CN2CCOc3ccccc3C2)c1. The minimum Gasteiger partial charge on any atom is -0.492 e. The monoisotopic (exact) mass is 283 g/mol. The molecular formula is C17H17NO3. The number of benzene rings is 2. The fraction of sp³-hybridized carbons (Fsp3) is 0.235. The second kappa shape index (κ2) is 5.97. The van der Waals surface area contributed by atoms with E-state index in [-0.39, 0.29) is 0 Å². The van der Waals surface area contributed by atoms with Crippen molar-refractivity contribution in [2.45, 2.75) is 13.1 Å². The van der Waals surface area contributed by atoms with E-state index in [1.165, 1.54) is 5.56 Å². The van der Waals surface area contributed by atoms with Gasteiger partial charge < -0.3 is 9.84 Å². The molecule has 0 saturated heterocycles. The maximum atomic E-state index is 11.0. The number of nitrogens with zero attached hydrogens (tertiary/aromatic N) is 1. The molecule has 0 atom stereocenters. The molecule has 21 heavy (non-hydrogen) atoms. The van der Waals surface area contributed by atoms with E-state index in [0.29, 0.717) is 12.2 Å². The third kappa shape index (κ3) is 3.23. The summed E-state index contributed by atoms with van der Waals surface area (Å²) in [5.74, 6) is 0.0562. The molecule has 4 heteroatoms. The summed E-state index contributed by atoms with van der Waals surface area (Å²) < 4.78 is 5.74. The van der Waals surface area contributed by atoms with Crippen LogP contribution in [-0.4, -0.2) is 29.1 Å². The van der Waals surface area contributed by atoms with Crippen molar-refractivity contribution in [1.82, 2.24) is 4.90 Å². The predicted octanol–water partition coefficient (Wildman–Crippen LogP) is 2.78. The maximum absolute atomic E-state index is 11.0. The van der Waals surface area contributed by atoms with Crippen molar-refractivity contribution in [2.75, 3.05) is 13.2 Å². The molecule has 1 aliphatic rings. The van der Waals surface area contributed by atoms with Crippen LogP contribution in [0, 0.1) is 0 Å². The van der Waals surface area contributed by atoms with E-state index in [1.54, 1.807) is 18.2 Å². The van der Waals surface area contributed by atoms with E-state index in [0.717, 1.165) is 30.9 Å². The van der Waals surface area contributed by atoms with Gasteiger partial charge in [-0.2, -0.15) is 0 Å². The topological polar surface area (TPSA) is 49.8 Å². The first kappa shape index (κ1) is 13.6. The summed E-state index contributed by atoms with van der Waals surface area (Å²) in [7, 11) is 0. The second-order valence-electron chi connectivity index (χ2n) is 5.17. The molecular weight excluding hydrogens is 266 g/mol. The summed E-state index contributed by atoms with van der Waals surface area (Å²) in [5, 5.41) is 9.06. The molecule has 0 aromatic heterocycles. The fourth-order valence-corrected chi connectivity index (χ4v) is 2.58. The van der Waals surface area contributed by atoms with Crippen molar-refractivity contribution in [3.05, 3.63) is 65.2 Å². The lowest BCUT2D eigenvalue weighted by molar-refractivity contribution is 0.0696. The Kier molecular flexibility index (Phi) is 3.88. The Bertz CT molecular complexity index is 654. The second-order valence-corrected chi connectivity index (χ2v) is 5.17. The highest BCUT2D eigenvalue weighted by molar-refractivity contribution is 5.87. The average molecular weight is 283 g/mol. The lowest BCUT2D eigenvalue weighted by atomic mass is 10.1. The number of hydrogen-bond donors (Lipinski definition) is 1. The smallest absolute Gasteiger partial charge is 0.335 e. The van der Waals surface area contributed by atoms with E-state index in [4.69, 9.17) is 9.84 Å². The lowest BCUT2D eigenvalue weighted by Gasteiger charge is -2.19. The van der Waals surface area contributed by atoms with Crippen LogP contribution in [0.25, 0.3) is 0 Å². The van der Waals surface area contributed by atoms with Crippen LogP contribution in [0.3, 0.4) is 0 Å². The number of aromatic carboxylic acids is 1. The van der Waals surface area contributed by atoms with Crippen LogP contribution < -0.4 is 4.74 Å². The Labute approximate surface area is 123 Å². The highest BCUT2D eigenvalue weighted by Crippen LogP contribution is 2.23. The highest BCUT2D eigenvalue weighted by atomic mass is 16.5. The Balaban J connectivity index is 1.76. The number of para-hydroxylation sites is 1. The van der Waals surface area contributed by atoms with Gasteiger partial charge in [-0.1, -0.05) is 30.3 Å². The predicted molar refractivity (Wildman–Crippen MR) is 79.5 cm³/mol. The lowest BCUT2D eigenvalue weighted by Crippen LogP contribution is -2.25. The van der Waals surface area contributed by atoms with Crippen LogP contribution >= 0.6 is 0 Å². The van der Waals surface area contributed by atoms with E-state index in [9.17, 15) is 4.79 Å². The van der Waals surface area contributed by atoms with Crippen LogP contribution in [0.4, 0.5) is 0 Å². The molecule has 0 saturated carbocycles. The molecule has 2 aromatic carbocycles. The summed E-state index contributed by atoms with van der Waals surface area (Å²) >= 11 is 0. The zero-order chi connectivity index (χ0) is 14.7. The molecule has 108 valence electrons. The molecule has 0 amide bonds. The van der Waals surface area contributed by atoms with Gasteiger partial charge in [-0.3, -0.25) is 4.90 Å². The highest BCUT2D eigenvalue weighted by Gasteiger charge is 2.15. The summed E-state index contributed by atoms with van der Waals surface area (Å²) in [6, 6.07) is 15.2. The molecule has 1 N–H and O–H groups in total. The minimum atomic E-state index is -0.888. The molecule has 1 aliphatic heterocycles. The number of hydrogen-bond acceptors (Lipinski definition) is 3. The average Bonchev–Trinajstić information content (AvgIpc) is 2.69. The number of fused-ring (bicyclic) bond motifs is 1. The maximum Gasteiger partial charge on any atom is 0.335 e. The molecule has 1 heterocycles. The van der Waals surface area contributed by atoms with Crippen molar-refractivity contribution in [3.63, 3.8) is 0 Å². The molecule has 2 aromatic rings. The van der Waals surface area contributed by atoms with Crippen LogP contribution in [-0.2, 0) is 13.1 Å². The number of carboxylic acid groups (broad SMARTS) is 1. The zero-order valence-electron chi connectivity index (χ0n) is 11.7. The Hall–Kier alpha value is -2.33. The summed E-state index contributed by atoms with van der Waals surface area (Å²) in [5.41, 5.74) is 2.51. The van der Waals surface area contributed by atoms with Gasteiger partial charge in [-0.25, -0.2) is 4.79 Å². The largest absolute Gasteiger partial charge is 0.492 e. The number of carboxylic acids is 1. The van der Waals surface area contributed by atoms with Gasteiger partial charge in [0.25, 0.3) is 0 Å². The first-order valence-electron chi connectivity index (χ1n) is 6.98. The van der Waals surface area contributed by atoms with Crippen LogP contribution in [0.5, 0.6) is 5.75 Å². The quantitative estimate of drug-likeness (QED) is 0.941. The molecule has 0 spiro atoms.